The molecular weight excluding hydrogens is 242 g/mol. The van der Waals surface area contributed by atoms with Crippen LogP contribution < -0.4 is 0 Å². The monoisotopic (exact) mass is 261 g/mol. The molecule has 1 aromatic heterocycles. The van der Waals surface area contributed by atoms with Crippen molar-refractivity contribution in [2.45, 2.75) is 40.0 Å². The first kappa shape index (κ1) is 13.4. The predicted octanol–water partition coefficient (Wildman–Crippen LogP) is 5.21. The van der Waals surface area contributed by atoms with E-state index in [1.165, 1.54) is 5.56 Å². The Morgan fingerprint density at radius 1 is 1.17 bits per heavy atom. The summed E-state index contributed by atoms with van der Waals surface area (Å²) >= 11 is 6.38. The van der Waals surface area contributed by atoms with Crippen LogP contribution in [-0.4, -0.2) is 4.98 Å². The largest absolute Gasteiger partial charge is 0.252 e. The molecule has 96 valence electrons. The molecule has 2 rings (SSSR count). The van der Waals surface area contributed by atoms with Gasteiger partial charge in [0, 0.05) is 11.1 Å². The maximum absolute atomic E-state index is 6.38. The van der Waals surface area contributed by atoms with E-state index in [2.05, 4.69) is 45.9 Å². The van der Waals surface area contributed by atoms with Crippen molar-refractivity contribution < 1.29 is 0 Å². The fourth-order valence-corrected chi connectivity index (χ4v) is 2.55. The molecule has 0 saturated carbocycles. The normalized spacial score (nSPS) is 11.7. The number of fused-ring (bicyclic) bond motifs is 1. The average Bonchev–Trinajstić information content (AvgIpc) is 2.27. The molecule has 0 N–H and O–H groups in total. The summed E-state index contributed by atoms with van der Waals surface area (Å²) in [6, 6.07) is 8.27. The van der Waals surface area contributed by atoms with Crippen molar-refractivity contribution in [3.8, 4) is 0 Å². The van der Waals surface area contributed by atoms with Crippen LogP contribution in [0.3, 0.4) is 0 Å². The highest BCUT2D eigenvalue weighted by Gasteiger charge is 2.11. The van der Waals surface area contributed by atoms with Crippen LogP contribution in [0.25, 0.3) is 10.9 Å². The molecule has 18 heavy (non-hydrogen) atoms. The minimum Gasteiger partial charge on any atom is -0.252 e. The number of hydrogen-bond donors (Lipinski definition) is 0. The smallest absolute Gasteiger partial charge is 0.0754 e. The molecule has 0 unspecified atom stereocenters. The zero-order valence-electron chi connectivity index (χ0n) is 11.5. The molecule has 0 amide bonds. The summed E-state index contributed by atoms with van der Waals surface area (Å²) in [6.45, 7) is 8.79. The van der Waals surface area contributed by atoms with Gasteiger partial charge in [-0.25, -0.2) is 0 Å². The van der Waals surface area contributed by atoms with E-state index >= 15 is 0 Å². The van der Waals surface area contributed by atoms with E-state index in [1.807, 2.05) is 6.07 Å². The predicted molar refractivity (Wildman–Crippen MR) is 79.4 cm³/mol. The molecular formula is C16H20ClN. The number of hydrogen-bond acceptors (Lipinski definition) is 1. The number of rotatable bonds is 3. The van der Waals surface area contributed by atoms with Gasteiger partial charge >= 0.3 is 0 Å². The summed E-state index contributed by atoms with van der Waals surface area (Å²) < 4.78 is 0. The lowest BCUT2D eigenvalue weighted by Gasteiger charge is -2.12. The number of halogens is 1. The van der Waals surface area contributed by atoms with Crippen LogP contribution in [-0.2, 0) is 6.42 Å². The third-order valence-corrected chi connectivity index (χ3v) is 3.43. The lowest BCUT2D eigenvalue weighted by molar-refractivity contribution is 0.637. The molecule has 2 heteroatoms. The number of benzene rings is 1. The van der Waals surface area contributed by atoms with Crippen molar-refractivity contribution in [3.05, 3.63) is 40.5 Å². The van der Waals surface area contributed by atoms with E-state index in [4.69, 9.17) is 16.6 Å². The first-order valence-corrected chi connectivity index (χ1v) is 6.95. The van der Waals surface area contributed by atoms with Gasteiger partial charge in [-0.1, -0.05) is 57.5 Å². The van der Waals surface area contributed by atoms with Crippen LogP contribution in [0.4, 0.5) is 0 Å². The number of pyridine rings is 1. The molecule has 0 bridgehead atoms. The minimum absolute atomic E-state index is 0.464. The second-order valence-electron chi connectivity index (χ2n) is 5.59. The SMILES string of the molecule is CC(C)Cc1cc(Cl)c2cccc(C(C)C)c2n1. The van der Waals surface area contributed by atoms with Crippen LogP contribution in [0.2, 0.25) is 5.02 Å². The van der Waals surface area contributed by atoms with Crippen LogP contribution in [0.15, 0.2) is 24.3 Å². The van der Waals surface area contributed by atoms with E-state index in [1.54, 1.807) is 0 Å². The molecule has 0 spiro atoms. The van der Waals surface area contributed by atoms with Crippen LogP contribution in [0.1, 0.15) is 44.9 Å². The molecule has 0 aliphatic carbocycles. The molecule has 2 aromatic rings. The van der Waals surface area contributed by atoms with Gasteiger partial charge in [0.2, 0.25) is 0 Å². The van der Waals surface area contributed by atoms with Gasteiger partial charge in [-0.15, -0.1) is 0 Å². The molecule has 1 nitrogen and oxygen atoms in total. The zero-order chi connectivity index (χ0) is 13.3. The Labute approximate surface area is 114 Å². The molecule has 0 atom stereocenters. The maximum atomic E-state index is 6.38. The molecule has 0 aliphatic heterocycles. The Bertz CT molecular complexity index is 558. The van der Waals surface area contributed by atoms with Gasteiger partial charge in [-0.2, -0.15) is 0 Å². The lowest BCUT2D eigenvalue weighted by atomic mass is 9.98. The summed E-state index contributed by atoms with van der Waals surface area (Å²) in [6.07, 6.45) is 0.974. The molecule has 0 saturated heterocycles. The van der Waals surface area contributed by atoms with E-state index in [-0.39, 0.29) is 0 Å². The van der Waals surface area contributed by atoms with E-state index in [0.717, 1.165) is 28.0 Å². The van der Waals surface area contributed by atoms with Gasteiger partial charge < -0.3 is 0 Å². The Morgan fingerprint density at radius 2 is 1.89 bits per heavy atom. The van der Waals surface area contributed by atoms with E-state index < -0.39 is 0 Å². The Balaban J connectivity index is 2.64. The summed E-state index contributed by atoms with van der Waals surface area (Å²) in [4.78, 5) is 4.81. The standard InChI is InChI=1S/C16H20ClN/c1-10(2)8-12-9-15(17)14-7-5-6-13(11(3)4)16(14)18-12/h5-7,9-11H,8H2,1-4H3. The van der Waals surface area contributed by atoms with Gasteiger partial charge in [-0.3, -0.25) is 4.98 Å². The first-order chi connectivity index (χ1) is 8.49. The van der Waals surface area contributed by atoms with Crippen LogP contribution >= 0.6 is 11.6 Å². The van der Waals surface area contributed by atoms with E-state index in [9.17, 15) is 0 Å². The zero-order valence-corrected chi connectivity index (χ0v) is 12.3. The molecule has 0 aliphatic rings. The minimum atomic E-state index is 0.464. The van der Waals surface area contributed by atoms with Gasteiger partial charge in [0.1, 0.15) is 0 Å². The molecule has 0 fully saturated rings. The van der Waals surface area contributed by atoms with Crippen LogP contribution in [0, 0.1) is 5.92 Å². The summed E-state index contributed by atoms with van der Waals surface area (Å²) in [5, 5.41) is 1.88. The van der Waals surface area contributed by atoms with Crippen molar-refractivity contribution in [2.24, 2.45) is 5.92 Å². The van der Waals surface area contributed by atoms with Gasteiger partial charge in [-0.05, 0) is 29.9 Å². The topological polar surface area (TPSA) is 12.9 Å². The number of nitrogens with zero attached hydrogens (tertiary/aromatic N) is 1. The highest BCUT2D eigenvalue weighted by atomic mass is 35.5. The van der Waals surface area contributed by atoms with Gasteiger partial charge in [0.25, 0.3) is 0 Å². The van der Waals surface area contributed by atoms with Crippen molar-refractivity contribution in [1.82, 2.24) is 4.98 Å². The second kappa shape index (κ2) is 5.27. The Kier molecular flexibility index (Phi) is 3.91. The van der Waals surface area contributed by atoms with Crippen molar-refractivity contribution in [2.75, 3.05) is 0 Å². The first-order valence-electron chi connectivity index (χ1n) is 6.57. The van der Waals surface area contributed by atoms with Crippen molar-refractivity contribution in [1.29, 1.82) is 0 Å². The third-order valence-electron chi connectivity index (χ3n) is 3.11. The highest BCUT2D eigenvalue weighted by molar-refractivity contribution is 6.35. The lowest BCUT2D eigenvalue weighted by Crippen LogP contribution is -2.00. The van der Waals surface area contributed by atoms with Crippen molar-refractivity contribution >= 4 is 22.5 Å². The average molecular weight is 262 g/mol. The van der Waals surface area contributed by atoms with Gasteiger partial charge in [0.15, 0.2) is 0 Å². The molecule has 1 aromatic carbocycles. The molecule has 0 radical (unpaired) electrons. The quantitative estimate of drug-likeness (QED) is 0.739. The molecule has 1 heterocycles. The number of aromatic nitrogens is 1. The summed E-state index contributed by atoms with van der Waals surface area (Å²) in [5.74, 6) is 1.06. The maximum Gasteiger partial charge on any atom is 0.0754 e. The fraction of sp³-hybridized carbons (Fsp3) is 0.438. The summed E-state index contributed by atoms with van der Waals surface area (Å²) in [7, 11) is 0. The van der Waals surface area contributed by atoms with Crippen LogP contribution in [0.5, 0.6) is 0 Å². The van der Waals surface area contributed by atoms with Gasteiger partial charge in [0.05, 0.1) is 10.5 Å². The Hall–Kier alpha value is -1.08. The fourth-order valence-electron chi connectivity index (χ4n) is 2.27. The highest BCUT2D eigenvalue weighted by Crippen LogP contribution is 2.29. The third kappa shape index (κ3) is 2.67. The van der Waals surface area contributed by atoms with E-state index in [0.29, 0.717) is 11.8 Å². The Morgan fingerprint density at radius 3 is 2.50 bits per heavy atom. The number of para-hydroxylation sites is 1. The summed E-state index contributed by atoms with van der Waals surface area (Å²) in [5.41, 5.74) is 3.44. The second-order valence-corrected chi connectivity index (χ2v) is 6.00. The van der Waals surface area contributed by atoms with Crippen molar-refractivity contribution in [3.63, 3.8) is 0 Å².